The zero-order valence-electron chi connectivity index (χ0n) is 13.7. The van der Waals surface area contributed by atoms with Crippen molar-refractivity contribution in [3.05, 3.63) is 28.8 Å². The lowest BCUT2D eigenvalue weighted by molar-refractivity contribution is -0.0197. The molecular weight excluding hydrogens is 372 g/mol. The first-order valence-corrected chi connectivity index (χ1v) is 9.52. The molecule has 0 spiro atoms. The van der Waals surface area contributed by atoms with Gasteiger partial charge in [-0.2, -0.15) is 0 Å². The van der Waals surface area contributed by atoms with Gasteiger partial charge < -0.3 is 14.9 Å². The van der Waals surface area contributed by atoms with Gasteiger partial charge in [-0.25, -0.2) is 17.9 Å². The summed E-state index contributed by atoms with van der Waals surface area (Å²) in [5.74, 6) is -1.32. The average Bonchev–Trinajstić information content (AvgIpc) is 2.54. The Morgan fingerprint density at radius 3 is 2.64 bits per heavy atom. The molecule has 8 nitrogen and oxygen atoms in total. The summed E-state index contributed by atoms with van der Waals surface area (Å²) >= 11 is 5.75. The molecule has 1 unspecified atom stereocenters. The first-order chi connectivity index (χ1) is 11.6. The smallest absolute Gasteiger partial charge is 0.337 e. The fourth-order valence-electron chi connectivity index (χ4n) is 2.47. The van der Waals surface area contributed by atoms with Crippen molar-refractivity contribution >= 4 is 27.6 Å². The van der Waals surface area contributed by atoms with E-state index >= 15 is 0 Å². The van der Waals surface area contributed by atoms with Gasteiger partial charge in [-0.1, -0.05) is 11.6 Å². The Kier molecular flexibility index (Phi) is 6.41. The van der Waals surface area contributed by atoms with Gasteiger partial charge in [0.15, 0.2) is 0 Å². The van der Waals surface area contributed by atoms with E-state index in [4.69, 9.17) is 21.4 Å². The molecule has 3 N–H and O–H groups in total. The van der Waals surface area contributed by atoms with E-state index < -0.39 is 21.6 Å². The van der Waals surface area contributed by atoms with Crippen LogP contribution < -0.4 is 4.72 Å². The fraction of sp³-hybridized carbons (Fsp3) is 0.533. The number of halogens is 1. The van der Waals surface area contributed by atoms with Crippen molar-refractivity contribution in [1.82, 2.24) is 9.62 Å². The molecule has 1 aliphatic heterocycles. The van der Waals surface area contributed by atoms with Gasteiger partial charge in [0.25, 0.3) is 0 Å². The molecule has 1 fully saturated rings. The minimum Gasteiger partial charge on any atom is -0.478 e. The second-order valence-electron chi connectivity index (χ2n) is 6.16. The summed E-state index contributed by atoms with van der Waals surface area (Å²) in [6.45, 7) is 4.10. The number of ether oxygens (including phenoxy) is 1. The maximum atomic E-state index is 12.4. The second kappa shape index (κ2) is 7.98. The third kappa shape index (κ3) is 5.63. The van der Waals surface area contributed by atoms with Crippen molar-refractivity contribution in [2.24, 2.45) is 0 Å². The van der Waals surface area contributed by atoms with E-state index in [9.17, 15) is 18.3 Å². The van der Waals surface area contributed by atoms with Gasteiger partial charge in [0.05, 0.1) is 34.3 Å². The zero-order chi connectivity index (χ0) is 18.7. The van der Waals surface area contributed by atoms with Crippen LogP contribution in [0.15, 0.2) is 23.1 Å². The number of hydrogen-bond donors (Lipinski definition) is 3. The zero-order valence-corrected chi connectivity index (χ0v) is 15.3. The van der Waals surface area contributed by atoms with Gasteiger partial charge in [0, 0.05) is 26.2 Å². The number of rotatable bonds is 7. The van der Waals surface area contributed by atoms with Crippen molar-refractivity contribution in [2.45, 2.75) is 17.4 Å². The van der Waals surface area contributed by atoms with Gasteiger partial charge in [-0.15, -0.1) is 0 Å². The normalized spacial score (nSPS) is 18.7. The Bertz CT molecular complexity index is 732. The number of nitrogens with one attached hydrogen (secondary N) is 1. The largest absolute Gasteiger partial charge is 0.478 e. The van der Waals surface area contributed by atoms with E-state index in [1.165, 1.54) is 19.1 Å². The molecule has 140 valence electrons. The van der Waals surface area contributed by atoms with E-state index in [1.54, 1.807) is 0 Å². The highest BCUT2D eigenvalue weighted by Crippen LogP contribution is 2.21. The van der Waals surface area contributed by atoms with Crippen LogP contribution in [-0.4, -0.2) is 74.5 Å². The third-order valence-electron chi connectivity index (χ3n) is 3.79. The molecule has 2 rings (SSSR count). The molecule has 1 atom stereocenters. The molecule has 0 bridgehead atoms. The van der Waals surface area contributed by atoms with Crippen LogP contribution in [0.1, 0.15) is 17.3 Å². The van der Waals surface area contributed by atoms with Gasteiger partial charge in [-0.3, -0.25) is 4.90 Å². The summed E-state index contributed by atoms with van der Waals surface area (Å²) in [6.07, 6.45) is 0. The van der Waals surface area contributed by atoms with Gasteiger partial charge in [0.2, 0.25) is 10.0 Å². The number of carbonyl (C=O) groups is 1. The number of morpholine rings is 1. The Morgan fingerprint density at radius 1 is 1.40 bits per heavy atom. The summed E-state index contributed by atoms with van der Waals surface area (Å²) in [7, 11) is -3.98. The van der Waals surface area contributed by atoms with Crippen molar-refractivity contribution in [3.8, 4) is 0 Å². The first kappa shape index (κ1) is 20.1. The first-order valence-electron chi connectivity index (χ1n) is 7.66. The molecule has 25 heavy (non-hydrogen) atoms. The molecule has 10 heteroatoms. The Balaban J connectivity index is 2.05. The molecule has 1 aromatic rings. The molecule has 0 saturated carbocycles. The quantitative estimate of drug-likeness (QED) is 0.615. The maximum Gasteiger partial charge on any atom is 0.337 e. The van der Waals surface area contributed by atoms with E-state index in [-0.39, 0.29) is 22.0 Å². The van der Waals surface area contributed by atoms with Gasteiger partial charge in [-0.05, 0) is 25.1 Å². The number of hydrogen-bond acceptors (Lipinski definition) is 6. The highest BCUT2D eigenvalue weighted by atomic mass is 35.5. The number of sulfonamides is 1. The van der Waals surface area contributed by atoms with Crippen LogP contribution in [0.25, 0.3) is 0 Å². The monoisotopic (exact) mass is 392 g/mol. The molecule has 1 aliphatic rings. The minimum atomic E-state index is -3.98. The lowest BCUT2D eigenvalue weighted by Gasteiger charge is -2.33. The maximum absolute atomic E-state index is 12.4. The minimum absolute atomic E-state index is 0.0502. The summed E-state index contributed by atoms with van der Waals surface area (Å²) in [5, 5.41) is 19.4. The number of carboxylic acid groups (broad SMARTS) is 1. The van der Waals surface area contributed by atoms with E-state index in [0.29, 0.717) is 32.8 Å². The van der Waals surface area contributed by atoms with E-state index in [2.05, 4.69) is 4.72 Å². The number of benzene rings is 1. The van der Waals surface area contributed by atoms with Gasteiger partial charge >= 0.3 is 5.97 Å². The molecule has 0 amide bonds. The molecule has 0 aliphatic carbocycles. The van der Waals surface area contributed by atoms with Crippen LogP contribution in [0.5, 0.6) is 0 Å². The predicted octanol–water partition coefficient (Wildman–Crippen LogP) is 0.400. The number of β-amino-alcohol motifs (C(OH)–C–C–N with tert-alkyl or cyclic N) is 1. The topological polar surface area (TPSA) is 116 Å². The third-order valence-corrected chi connectivity index (χ3v) is 5.52. The lowest BCUT2D eigenvalue weighted by atomic mass is 10.1. The predicted molar refractivity (Wildman–Crippen MR) is 91.5 cm³/mol. The molecule has 1 aromatic carbocycles. The summed E-state index contributed by atoms with van der Waals surface area (Å²) < 4.78 is 32.3. The van der Waals surface area contributed by atoms with E-state index in [0.717, 1.165) is 6.07 Å². The number of carboxylic acids is 1. The van der Waals surface area contributed by atoms with E-state index in [1.807, 2.05) is 4.90 Å². The SMILES string of the molecule is CC(O)(CNS(=O)(=O)c1ccc(Cl)c(C(=O)O)c1)CN1CCOCC1. The Labute approximate surface area is 151 Å². The van der Waals surface area contributed by atoms with Crippen LogP contribution >= 0.6 is 11.6 Å². The molecule has 0 radical (unpaired) electrons. The summed E-state index contributed by atoms with van der Waals surface area (Å²) in [5.41, 5.74) is -1.59. The Morgan fingerprint density at radius 2 is 2.04 bits per heavy atom. The second-order valence-corrected chi connectivity index (χ2v) is 8.33. The van der Waals surface area contributed by atoms with Crippen LogP contribution in [0.3, 0.4) is 0 Å². The summed E-state index contributed by atoms with van der Waals surface area (Å²) in [4.78, 5) is 12.8. The van der Waals surface area contributed by atoms with Crippen LogP contribution in [0.2, 0.25) is 5.02 Å². The molecule has 1 heterocycles. The summed E-state index contributed by atoms with van der Waals surface area (Å²) in [6, 6.07) is 3.42. The van der Waals surface area contributed by atoms with Gasteiger partial charge in [0.1, 0.15) is 0 Å². The van der Waals surface area contributed by atoms with Crippen molar-refractivity contribution in [2.75, 3.05) is 39.4 Å². The standard InChI is InChI=1S/C15H21ClN2O6S/c1-15(21,10-18-4-6-24-7-5-18)9-17-25(22,23)11-2-3-13(16)12(8-11)14(19)20/h2-3,8,17,21H,4-7,9-10H2,1H3,(H,19,20). The lowest BCUT2D eigenvalue weighted by Crippen LogP contribution is -2.51. The molecular formula is C15H21ClN2O6S. The number of aromatic carboxylic acids is 1. The van der Waals surface area contributed by atoms with Crippen LogP contribution in [0, 0.1) is 0 Å². The molecule has 0 aromatic heterocycles. The van der Waals surface area contributed by atoms with Crippen LogP contribution in [-0.2, 0) is 14.8 Å². The van der Waals surface area contributed by atoms with Crippen molar-refractivity contribution < 1.29 is 28.2 Å². The molecule has 1 saturated heterocycles. The number of aliphatic hydroxyl groups is 1. The Hall–Kier alpha value is -1.23. The highest BCUT2D eigenvalue weighted by molar-refractivity contribution is 7.89. The fourth-order valence-corrected chi connectivity index (χ4v) is 3.85. The number of nitrogens with zero attached hydrogens (tertiary/aromatic N) is 1. The van der Waals surface area contributed by atoms with Crippen molar-refractivity contribution in [3.63, 3.8) is 0 Å². The highest BCUT2D eigenvalue weighted by Gasteiger charge is 2.28. The average molecular weight is 393 g/mol. The van der Waals surface area contributed by atoms with Crippen molar-refractivity contribution in [1.29, 1.82) is 0 Å². The van der Waals surface area contributed by atoms with Crippen LogP contribution in [0.4, 0.5) is 0 Å².